The molecule has 2 N–H and O–H groups in total. The highest BCUT2D eigenvalue weighted by atomic mass is 15.3. The molecule has 0 bridgehead atoms. The molecule has 138 valence electrons. The van der Waals surface area contributed by atoms with Crippen LogP contribution in [0.2, 0.25) is 0 Å². The molecule has 2 heterocycles. The van der Waals surface area contributed by atoms with Crippen LogP contribution in [0.3, 0.4) is 0 Å². The summed E-state index contributed by atoms with van der Waals surface area (Å²) >= 11 is 0. The monoisotopic (exact) mass is 345 g/mol. The Morgan fingerprint density at radius 3 is 2.48 bits per heavy atom. The molecule has 0 spiro atoms. The third kappa shape index (κ3) is 5.08. The fraction of sp³-hybridized carbons (Fsp3) is 0.611. The molecule has 7 nitrogen and oxygen atoms in total. The van der Waals surface area contributed by atoms with Gasteiger partial charge in [-0.3, -0.25) is 9.36 Å². The first kappa shape index (κ1) is 19.0. The molecule has 0 fully saturated rings. The second-order valence-electron chi connectivity index (χ2n) is 6.40. The predicted octanol–water partition coefficient (Wildman–Crippen LogP) is 2.00. The third-order valence-corrected chi connectivity index (χ3v) is 4.34. The largest absolute Gasteiger partial charge is 0.357 e. The van der Waals surface area contributed by atoms with Gasteiger partial charge in [0.25, 0.3) is 0 Å². The third-order valence-electron chi connectivity index (χ3n) is 4.34. The number of nitrogens with zero attached hydrogens (tertiary/aromatic N) is 5. The van der Waals surface area contributed by atoms with Crippen LogP contribution in [-0.2, 0) is 20.1 Å². The molecule has 0 aliphatic rings. The van der Waals surface area contributed by atoms with E-state index in [4.69, 9.17) is 4.99 Å². The molecule has 0 aromatic carbocycles. The van der Waals surface area contributed by atoms with E-state index in [1.165, 1.54) is 17.0 Å². The second-order valence-corrected chi connectivity index (χ2v) is 6.40. The van der Waals surface area contributed by atoms with Crippen LogP contribution in [0, 0.1) is 27.7 Å². The minimum atomic E-state index is 0.637. The average molecular weight is 345 g/mol. The van der Waals surface area contributed by atoms with Gasteiger partial charge < -0.3 is 10.6 Å². The molecule has 0 unspecified atom stereocenters. The first-order chi connectivity index (χ1) is 11.9. The molecule has 2 aromatic heterocycles. The highest BCUT2D eigenvalue weighted by Gasteiger charge is 2.09. The summed E-state index contributed by atoms with van der Waals surface area (Å²) in [5, 5.41) is 15.7. The number of nitrogens with one attached hydrogen (secondary N) is 2. The van der Waals surface area contributed by atoms with Gasteiger partial charge in [-0.05, 0) is 47.1 Å². The molecule has 0 aliphatic carbocycles. The number of hydrogen-bond acceptors (Lipinski definition) is 3. The summed E-state index contributed by atoms with van der Waals surface area (Å²) in [5.41, 5.74) is 5.69. The van der Waals surface area contributed by atoms with Crippen LogP contribution >= 0.6 is 0 Å². The Bertz CT molecular complexity index is 724. The van der Waals surface area contributed by atoms with Gasteiger partial charge in [0.2, 0.25) is 0 Å². The minimum Gasteiger partial charge on any atom is -0.357 e. The Labute approximate surface area is 150 Å². The van der Waals surface area contributed by atoms with E-state index < -0.39 is 0 Å². The zero-order chi connectivity index (χ0) is 18.4. The standard InChI is InChI=1S/C18H31N7/c1-7-19-18(21-12-17-15(4)23-24(6)16(17)5)20-9-8-10-25-14(3)11-13(2)22-25/h11H,7-10,12H2,1-6H3,(H2,19,20,21). The first-order valence-corrected chi connectivity index (χ1v) is 8.94. The summed E-state index contributed by atoms with van der Waals surface area (Å²) < 4.78 is 3.97. The number of hydrogen-bond donors (Lipinski definition) is 2. The van der Waals surface area contributed by atoms with Crippen LogP contribution in [0.25, 0.3) is 0 Å². The molecule has 25 heavy (non-hydrogen) atoms. The minimum absolute atomic E-state index is 0.637. The van der Waals surface area contributed by atoms with Crippen molar-refractivity contribution >= 4 is 5.96 Å². The first-order valence-electron chi connectivity index (χ1n) is 8.94. The van der Waals surface area contributed by atoms with Crippen molar-refractivity contribution in [3.8, 4) is 0 Å². The summed E-state index contributed by atoms with van der Waals surface area (Å²) in [6.45, 7) is 13.6. The van der Waals surface area contributed by atoms with Crippen LogP contribution in [0.4, 0.5) is 0 Å². The topological polar surface area (TPSA) is 72.1 Å². The van der Waals surface area contributed by atoms with Crippen molar-refractivity contribution in [1.29, 1.82) is 0 Å². The Morgan fingerprint density at radius 1 is 1.16 bits per heavy atom. The molecule has 2 aromatic rings. The maximum Gasteiger partial charge on any atom is 0.191 e. The summed E-state index contributed by atoms with van der Waals surface area (Å²) in [7, 11) is 1.97. The molecular formula is C18H31N7. The molecule has 0 aliphatic heterocycles. The van der Waals surface area contributed by atoms with Crippen LogP contribution in [0.5, 0.6) is 0 Å². The zero-order valence-corrected chi connectivity index (χ0v) is 16.3. The van der Waals surface area contributed by atoms with Crippen molar-refractivity contribution in [2.75, 3.05) is 13.1 Å². The van der Waals surface area contributed by atoms with Gasteiger partial charge in [-0.25, -0.2) is 4.99 Å². The highest BCUT2D eigenvalue weighted by molar-refractivity contribution is 5.79. The molecule has 0 atom stereocenters. The van der Waals surface area contributed by atoms with E-state index in [-0.39, 0.29) is 0 Å². The summed E-state index contributed by atoms with van der Waals surface area (Å²) in [5.74, 6) is 0.846. The highest BCUT2D eigenvalue weighted by Crippen LogP contribution is 2.12. The average Bonchev–Trinajstić information content (AvgIpc) is 3.00. The maximum absolute atomic E-state index is 4.70. The zero-order valence-electron chi connectivity index (χ0n) is 16.3. The lowest BCUT2D eigenvalue weighted by molar-refractivity contribution is 0.555. The van der Waals surface area contributed by atoms with Gasteiger partial charge in [0.15, 0.2) is 5.96 Å². The van der Waals surface area contributed by atoms with Gasteiger partial charge in [0.1, 0.15) is 0 Å². The normalized spacial score (nSPS) is 11.8. The van der Waals surface area contributed by atoms with Crippen molar-refractivity contribution in [3.63, 3.8) is 0 Å². The quantitative estimate of drug-likeness (QED) is 0.457. The van der Waals surface area contributed by atoms with Crippen molar-refractivity contribution in [2.24, 2.45) is 12.0 Å². The van der Waals surface area contributed by atoms with Gasteiger partial charge in [-0.1, -0.05) is 0 Å². The molecule has 2 rings (SSSR count). The Kier molecular flexibility index (Phi) is 6.61. The molecule has 0 saturated carbocycles. The van der Waals surface area contributed by atoms with Crippen molar-refractivity contribution < 1.29 is 0 Å². The second kappa shape index (κ2) is 8.69. The van der Waals surface area contributed by atoms with Gasteiger partial charge >= 0.3 is 0 Å². The van der Waals surface area contributed by atoms with Gasteiger partial charge in [0.05, 0.1) is 17.9 Å². The summed E-state index contributed by atoms with van der Waals surface area (Å²) in [4.78, 5) is 4.70. The fourth-order valence-electron chi connectivity index (χ4n) is 2.88. The maximum atomic E-state index is 4.70. The van der Waals surface area contributed by atoms with E-state index in [1.54, 1.807) is 0 Å². The van der Waals surface area contributed by atoms with E-state index in [0.717, 1.165) is 43.4 Å². The lowest BCUT2D eigenvalue weighted by Gasteiger charge is -2.12. The van der Waals surface area contributed by atoms with E-state index in [1.807, 2.05) is 25.6 Å². The van der Waals surface area contributed by atoms with Crippen LogP contribution < -0.4 is 10.6 Å². The molecule has 0 amide bonds. The van der Waals surface area contributed by atoms with Crippen LogP contribution in [-0.4, -0.2) is 38.6 Å². The molecule has 7 heteroatoms. The van der Waals surface area contributed by atoms with Gasteiger partial charge in [-0.15, -0.1) is 0 Å². The Hall–Kier alpha value is -2.31. The van der Waals surface area contributed by atoms with Crippen molar-refractivity contribution in [1.82, 2.24) is 30.2 Å². The van der Waals surface area contributed by atoms with Crippen molar-refractivity contribution in [3.05, 3.63) is 34.4 Å². The molecule has 0 radical (unpaired) electrons. The lowest BCUT2D eigenvalue weighted by atomic mass is 10.2. The van der Waals surface area contributed by atoms with E-state index >= 15 is 0 Å². The van der Waals surface area contributed by atoms with E-state index in [2.05, 4.69) is 52.4 Å². The van der Waals surface area contributed by atoms with E-state index in [9.17, 15) is 0 Å². The number of aliphatic imine (C=N–C) groups is 1. The van der Waals surface area contributed by atoms with Crippen LogP contribution in [0.15, 0.2) is 11.1 Å². The molecular weight excluding hydrogens is 314 g/mol. The summed E-state index contributed by atoms with van der Waals surface area (Å²) in [6, 6.07) is 2.11. The Balaban J connectivity index is 1.88. The smallest absolute Gasteiger partial charge is 0.191 e. The lowest BCUT2D eigenvalue weighted by Crippen LogP contribution is -2.38. The number of guanidine groups is 1. The van der Waals surface area contributed by atoms with Gasteiger partial charge in [0, 0.05) is 43.6 Å². The molecule has 0 saturated heterocycles. The number of rotatable bonds is 7. The fourth-order valence-corrected chi connectivity index (χ4v) is 2.88. The Morgan fingerprint density at radius 2 is 1.92 bits per heavy atom. The number of aryl methyl sites for hydroxylation is 5. The van der Waals surface area contributed by atoms with Crippen molar-refractivity contribution in [2.45, 2.75) is 54.1 Å². The predicted molar refractivity (Wildman–Crippen MR) is 102 cm³/mol. The van der Waals surface area contributed by atoms with Crippen LogP contribution in [0.1, 0.15) is 41.7 Å². The summed E-state index contributed by atoms with van der Waals surface area (Å²) in [6.07, 6.45) is 0.997. The SMILES string of the molecule is CCNC(=NCc1c(C)nn(C)c1C)NCCCn1nc(C)cc1C. The van der Waals surface area contributed by atoms with Gasteiger partial charge in [-0.2, -0.15) is 10.2 Å². The number of aromatic nitrogens is 4. The van der Waals surface area contributed by atoms with E-state index in [0.29, 0.717) is 6.54 Å².